The second kappa shape index (κ2) is 11.6. The lowest BCUT2D eigenvalue weighted by molar-refractivity contribution is -0.121. The van der Waals surface area contributed by atoms with Gasteiger partial charge >= 0.3 is 0 Å². The van der Waals surface area contributed by atoms with Gasteiger partial charge in [-0.3, -0.25) is 9.69 Å². The number of piperazine rings is 1. The molecule has 2 aromatic carbocycles. The minimum absolute atomic E-state index is 0.0523. The molecule has 0 atom stereocenters. The number of nitrogens with one attached hydrogen (secondary N) is 1. The molecule has 1 amide bonds. The summed E-state index contributed by atoms with van der Waals surface area (Å²) in [6, 6.07) is 19.0. The van der Waals surface area contributed by atoms with Gasteiger partial charge in [0.25, 0.3) is 0 Å². The van der Waals surface area contributed by atoms with Crippen molar-refractivity contribution < 1.29 is 9.32 Å². The third kappa shape index (κ3) is 6.65. The molecule has 0 saturated carbocycles. The molecule has 0 bridgehead atoms. The van der Waals surface area contributed by atoms with E-state index in [4.69, 9.17) is 4.52 Å². The van der Waals surface area contributed by atoms with E-state index in [0.717, 1.165) is 39.1 Å². The smallest absolute Gasteiger partial charge is 0.226 e. The SMILES string of the molecule is CCc1noc(CCCC(=O)NCc2ccccc2CN2CCN(c3ccccc3)CC2)n1. The number of anilines is 1. The van der Waals surface area contributed by atoms with Crippen LogP contribution < -0.4 is 10.2 Å². The number of hydrogen-bond acceptors (Lipinski definition) is 6. The van der Waals surface area contributed by atoms with E-state index in [9.17, 15) is 4.79 Å². The first-order valence-corrected chi connectivity index (χ1v) is 11.9. The van der Waals surface area contributed by atoms with Crippen molar-refractivity contribution in [3.05, 3.63) is 77.4 Å². The Morgan fingerprint density at radius 3 is 2.45 bits per heavy atom. The third-order valence-electron chi connectivity index (χ3n) is 6.10. The second-order valence-electron chi connectivity index (χ2n) is 8.46. The first-order chi connectivity index (χ1) is 16.2. The summed E-state index contributed by atoms with van der Waals surface area (Å²) in [5, 5.41) is 6.97. The maximum Gasteiger partial charge on any atom is 0.226 e. The van der Waals surface area contributed by atoms with Crippen LogP contribution in [0.2, 0.25) is 0 Å². The van der Waals surface area contributed by atoms with E-state index < -0.39 is 0 Å². The Kier molecular flexibility index (Phi) is 8.09. The highest BCUT2D eigenvalue weighted by molar-refractivity contribution is 5.75. The number of rotatable bonds is 10. The van der Waals surface area contributed by atoms with Crippen LogP contribution in [0, 0.1) is 0 Å². The molecule has 1 fully saturated rings. The van der Waals surface area contributed by atoms with Gasteiger partial charge in [-0.15, -0.1) is 0 Å². The zero-order valence-corrected chi connectivity index (χ0v) is 19.4. The average Bonchev–Trinajstić information content (AvgIpc) is 3.32. The molecule has 1 aliphatic rings. The van der Waals surface area contributed by atoms with Crippen molar-refractivity contribution in [1.29, 1.82) is 0 Å². The standard InChI is InChI=1S/C26H33N5O2/c1-2-24-28-26(33-29-24)14-8-13-25(32)27-19-21-9-6-7-10-22(21)20-30-15-17-31(18-16-30)23-11-4-3-5-12-23/h3-7,9-12H,2,8,13-20H2,1H3,(H,27,32). The average molecular weight is 448 g/mol. The van der Waals surface area contributed by atoms with Gasteiger partial charge in [0.05, 0.1) is 0 Å². The van der Waals surface area contributed by atoms with Crippen LogP contribution in [-0.4, -0.2) is 47.1 Å². The highest BCUT2D eigenvalue weighted by atomic mass is 16.5. The van der Waals surface area contributed by atoms with Gasteiger partial charge in [-0.25, -0.2) is 0 Å². The molecule has 1 saturated heterocycles. The third-order valence-corrected chi connectivity index (χ3v) is 6.10. The number of hydrogen-bond donors (Lipinski definition) is 1. The Bertz CT molecular complexity index is 1010. The lowest BCUT2D eigenvalue weighted by Crippen LogP contribution is -2.46. The number of benzene rings is 2. The molecule has 2 heterocycles. The lowest BCUT2D eigenvalue weighted by Gasteiger charge is -2.36. The van der Waals surface area contributed by atoms with Crippen molar-refractivity contribution >= 4 is 11.6 Å². The Hall–Kier alpha value is -3.19. The van der Waals surface area contributed by atoms with Crippen molar-refractivity contribution in [3.8, 4) is 0 Å². The summed E-state index contributed by atoms with van der Waals surface area (Å²) in [6.07, 6.45) is 2.54. The molecule has 3 aromatic rings. The fourth-order valence-corrected chi connectivity index (χ4v) is 4.15. The van der Waals surface area contributed by atoms with E-state index in [0.29, 0.717) is 37.5 Å². The summed E-state index contributed by atoms with van der Waals surface area (Å²) >= 11 is 0. The predicted molar refractivity (Wildman–Crippen MR) is 129 cm³/mol. The van der Waals surface area contributed by atoms with Crippen LogP contribution >= 0.6 is 0 Å². The number of aryl methyl sites for hydroxylation is 2. The van der Waals surface area contributed by atoms with E-state index in [2.05, 4.69) is 73.8 Å². The lowest BCUT2D eigenvalue weighted by atomic mass is 10.1. The van der Waals surface area contributed by atoms with Gasteiger partial charge in [-0.2, -0.15) is 4.98 Å². The number of aromatic nitrogens is 2. The topological polar surface area (TPSA) is 74.5 Å². The van der Waals surface area contributed by atoms with Gasteiger partial charge in [-0.1, -0.05) is 54.5 Å². The molecule has 1 aliphatic heterocycles. The zero-order chi connectivity index (χ0) is 22.9. The minimum Gasteiger partial charge on any atom is -0.369 e. The molecule has 4 rings (SSSR count). The normalized spacial score (nSPS) is 14.4. The van der Waals surface area contributed by atoms with Crippen LogP contribution in [0.3, 0.4) is 0 Å². The van der Waals surface area contributed by atoms with Crippen LogP contribution in [0.15, 0.2) is 59.1 Å². The molecule has 7 heteroatoms. The molecule has 0 radical (unpaired) electrons. The molecule has 0 aliphatic carbocycles. The van der Waals surface area contributed by atoms with Gasteiger partial charge in [0.15, 0.2) is 5.82 Å². The second-order valence-corrected chi connectivity index (χ2v) is 8.46. The number of para-hydroxylation sites is 1. The van der Waals surface area contributed by atoms with E-state index >= 15 is 0 Å². The Labute approximate surface area is 195 Å². The maximum atomic E-state index is 12.3. The van der Waals surface area contributed by atoms with E-state index in [-0.39, 0.29) is 5.91 Å². The molecule has 0 spiro atoms. The Balaban J connectivity index is 1.22. The summed E-state index contributed by atoms with van der Waals surface area (Å²) in [4.78, 5) is 21.6. The highest BCUT2D eigenvalue weighted by Gasteiger charge is 2.18. The molecule has 174 valence electrons. The van der Waals surface area contributed by atoms with Gasteiger partial charge in [-0.05, 0) is 29.7 Å². The van der Waals surface area contributed by atoms with Crippen molar-refractivity contribution in [1.82, 2.24) is 20.4 Å². The first kappa shape index (κ1) is 23.0. The number of nitrogens with zero attached hydrogens (tertiary/aromatic N) is 4. The first-order valence-electron chi connectivity index (χ1n) is 11.9. The van der Waals surface area contributed by atoms with Crippen molar-refractivity contribution in [2.45, 2.75) is 45.7 Å². The van der Waals surface area contributed by atoms with Crippen LogP contribution in [0.4, 0.5) is 5.69 Å². The van der Waals surface area contributed by atoms with Crippen LogP contribution in [0.5, 0.6) is 0 Å². The van der Waals surface area contributed by atoms with Gasteiger partial charge < -0.3 is 14.7 Å². The molecular weight excluding hydrogens is 414 g/mol. The van der Waals surface area contributed by atoms with Crippen molar-refractivity contribution in [2.75, 3.05) is 31.1 Å². The molecular formula is C26H33N5O2. The van der Waals surface area contributed by atoms with Gasteiger partial charge in [0.2, 0.25) is 11.8 Å². The molecule has 1 N–H and O–H groups in total. The fraction of sp³-hybridized carbons (Fsp3) is 0.423. The van der Waals surface area contributed by atoms with E-state index in [1.165, 1.54) is 16.8 Å². The highest BCUT2D eigenvalue weighted by Crippen LogP contribution is 2.18. The fourth-order valence-electron chi connectivity index (χ4n) is 4.15. The summed E-state index contributed by atoms with van der Waals surface area (Å²) in [6.45, 7) is 7.58. The van der Waals surface area contributed by atoms with Crippen LogP contribution in [0.25, 0.3) is 0 Å². The number of carbonyl (C=O) groups excluding carboxylic acids is 1. The van der Waals surface area contributed by atoms with E-state index in [1.54, 1.807) is 0 Å². The van der Waals surface area contributed by atoms with Gasteiger partial charge in [0, 0.05) is 64.2 Å². The minimum atomic E-state index is 0.0523. The van der Waals surface area contributed by atoms with Crippen LogP contribution in [0.1, 0.15) is 42.6 Å². The Morgan fingerprint density at radius 2 is 1.73 bits per heavy atom. The molecule has 1 aromatic heterocycles. The maximum absolute atomic E-state index is 12.3. The number of amides is 1. The van der Waals surface area contributed by atoms with Crippen LogP contribution in [-0.2, 0) is 30.7 Å². The zero-order valence-electron chi connectivity index (χ0n) is 19.4. The summed E-state index contributed by atoms with van der Waals surface area (Å²) in [5.74, 6) is 1.38. The van der Waals surface area contributed by atoms with E-state index in [1.807, 2.05) is 13.0 Å². The molecule has 0 unspecified atom stereocenters. The van der Waals surface area contributed by atoms with Crippen molar-refractivity contribution in [3.63, 3.8) is 0 Å². The summed E-state index contributed by atoms with van der Waals surface area (Å²) in [7, 11) is 0. The van der Waals surface area contributed by atoms with Crippen molar-refractivity contribution in [2.24, 2.45) is 0 Å². The predicted octanol–water partition coefficient (Wildman–Crippen LogP) is 3.59. The summed E-state index contributed by atoms with van der Waals surface area (Å²) < 4.78 is 5.19. The summed E-state index contributed by atoms with van der Waals surface area (Å²) in [5.41, 5.74) is 3.76. The monoisotopic (exact) mass is 447 g/mol. The largest absolute Gasteiger partial charge is 0.369 e. The quantitative estimate of drug-likeness (QED) is 0.512. The van der Waals surface area contributed by atoms with Gasteiger partial charge in [0.1, 0.15) is 0 Å². The molecule has 7 nitrogen and oxygen atoms in total. The Morgan fingerprint density at radius 1 is 1.00 bits per heavy atom. The number of carbonyl (C=O) groups is 1. The molecule has 33 heavy (non-hydrogen) atoms.